The summed E-state index contributed by atoms with van der Waals surface area (Å²) in [6, 6.07) is 0.00905. The first-order chi connectivity index (χ1) is 15.4. The number of likely N-dealkylation sites (N-methyl/N-ethyl adjacent to an activating group) is 1. The third-order valence-electron chi connectivity index (χ3n) is 5.67. The Morgan fingerprint density at radius 3 is 2.21 bits per heavy atom. The monoisotopic (exact) mass is 477 g/mol. The number of aromatic nitrogens is 2. The van der Waals surface area contributed by atoms with E-state index in [1.165, 1.54) is 0 Å². The number of carbonyl (C=O) groups excluding carboxylic acids is 2. The molecule has 33 heavy (non-hydrogen) atoms. The first-order valence-corrected chi connectivity index (χ1v) is 10.6. The van der Waals surface area contributed by atoms with Crippen LogP contribution in [0.25, 0.3) is 0 Å². The fourth-order valence-corrected chi connectivity index (χ4v) is 3.95. The van der Waals surface area contributed by atoms with Crippen LogP contribution in [0.5, 0.6) is 0 Å². The summed E-state index contributed by atoms with van der Waals surface area (Å²) in [5, 5.41) is 7.12. The van der Waals surface area contributed by atoms with Gasteiger partial charge in [-0.2, -0.15) is 13.2 Å². The molecule has 2 aliphatic heterocycles. The largest absolute Gasteiger partial charge is 0.490 e. The minimum absolute atomic E-state index is 0.00905. The van der Waals surface area contributed by atoms with Crippen molar-refractivity contribution in [3.8, 4) is 0 Å². The van der Waals surface area contributed by atoms with Gasteiger partial charge >= 0.3 is 18.2 Å². The summed E-state index contributed by atoms with van der Waals surface area (Å²) in [6.45, 7) is 6.98. The van der Waals surface area contributed by atoms with E-state index in [0.29, 0.717) is 45.6 Å². The third-order valence-corrected chi connectivity index (χ3v) is 5.67. The van der Waals surface area contributed by atoms with Crippen LogP contribution in [0.2, 0.25) is 0 Å². The van der Waals surface area contributed by atoms with Crippen molar-refractivity contribution in [3.05, 3.63) is 18.2 Å². The Labute approximate surface area is 189 Å². The number of rotatable bonds is 3. The molecule has 3 heterocycles. The van der Waals surface area contributed by atoms with Crippen LogP contribution in [-0.2, 0) is 26.5 Å². The molecule has 0 saturated carbocycles. The number of aliphatic carboxylic acids is 1. The second kappa shape index (κ2) is 10.4. The molecule has 1 aromatic heterocycles. The van der Waals surface area contributed by atoms with Gasteiger partial charge in [0.05, 0.1) is 6.54 Å². The SMILES string of the molecule is CCN(CC)C(=O)C1Cn2ccnc2C2(CCN(C(=O)N(C)C)CC2)O1.O=C(O)C(F)(F)F. The number of fused-ring (bicyclic) bond motifs is 2. The number of carboxylic acids is 1. The summed E-state index contributed by atoms with van der Waals surface area (Å²) in [4.78, 5) is 43.8. The summed E-state index contributed by atoms with van der Waals surface area (Å²) >= 11 is 0. The molecule has 0 radical (unpaired) electrons. The Morgan fingerprint density at radius 1 is 1.21 bits per heavy atom. The van der Waals surface area contributed by atoms with Crippen LogP contribution >= 0.6 is 0 Å². The average molecular weight is 477 g/mol. The van der Waals surface area contributed by atoms with Crippen LogP contribution in [0.1, 0.15) is 32.5 Å². The molecule has 0 aromatic carbocycles. The van der Waals surface area contributed by atoms with E-state index in [9.17, 15) is 22.8 Å². The lowest BCUT2D eigenvalue weighted by atomic mass is 9.88. The summed E-state index contributed by atoms with van der Waals surface area (Å²) in [5.41, 5.74) is -0.599. The van der Waals surface area contributed by atoms with Crippen LogP contribution < -0.4 is 0 Å². The molecule has 3 amide bonds. The molecular weight excluding hydrogens is 447 g/mol. The van der Waals surface area contributed by atoms with Crippen molar-refractivity contribution < 1.29 is 37.4 Å². The van der Waals surface area contributed by atoms with E-state index < -0.39 is 23.9 Å². The Balaban J connectivity index is 0.000000479. The number of halogens is 3. The molecule has 1 fully saturated rings. The lowest BCUT2D eigenvalue weighted by Gasteiger charge is -2.46. The zero-order valence-electron chi connectivity index (χ0n) is 19.1. The van der Waals surface area contributed by atoms with Gasteiger partial charge in [-0.1, -0.05) is 0 Å². The van der Waals surface area contributed by atoms with E-state index in [-0.39, 0.29) is 11.9 Å². The first kappa shape index (κ1) is 26.4. The maximum absolute atomic E-state index is 12.9. The number of ether oxygens (including phenoxy) is 1. The van der Waals surface area contributed by atoms with Gasteiger partial charge in [0.25, 0.3) is 5.91 Å². The zero-order chi connectivity index (χ0) is 25.0. The van der Waals surface area contributed by atoms with Crippen LogP contribution in [-0.4, -0.2) is 99.8 Å². The van der Waals surface area contributed by atoms with Crippen LogP contribution in [0.15, 0.2) is 12.4 Å². The standard InChI is InChI=1S/C18H29N5O3.C2HF3O2/c1-5-21(6-2)15(24)14-13-23-12-9-19-16(23)18(26-14)7-10-22(11-8-18)17(25)20(3)4;3-2(4,5)1(6)7/h9,12,14H,5-8,10-11,13H2,1-4H3;(H,6,7). The van der Waals surface area contributed by atoms with Gasteiger partial charge in [0, 0.05) is 65.5 Å². The number of likely N-dealkylation sites (tertiary alicyclic amines) is 1. The summed E-state index contributed by atoms with van der Waals surface area (Å²) in [7, 11) is 3.52. The van der Waals surface area contributed by atoms with Crippen molar-refractivity contribution in [1.29, 1.82) is 0 Å². The highest BCUT2D eigenvalue weighted by atomic mass is 19.4. The predicted molar refractivity (Wildman–Crippen MR) is 110 cm³/mol. The number of hydrogen-bond donors (Lipinski definition) is 1. The lowest BCUT2D eigenvalue weighted by molar-refractivity contribution is -0.192. The molecular formula is C20H30F3N5O5. The summed E-state index contributed by atoms with van der Waals surface area (Å²) < 4.78 is 40.2. The zero-order valence-corrected chi connectivity index (χ0v) is 19.1. The molecule has 10 nitrogen and oxygen atoms in total. The molecule has 1 N–H and O–H groups in total. The van der Waals surface area contributed by atoms with E-state index >= 15 is 0 Å². The van der Waals surface area contributed by atoms with E-state index in [2.05, 4.69) is 4.98 Å². The number of urea groups is 1. The van der Waals surface area contributed by atoms with Crippen LogP contribution in [0.3, 0.4) is 0 Å². The number of carbonyl (C=O) groups is 3. The van der Waals surface area contributed by atoms with Crippen molar-refractivity contribution in [2.45, 2.75) is 51.1 Å². The number of imidazole rings is 1. The second-order valence-electron chi connectivity index (χ2n) is 7.98. The molecule has 1 unspecified atom stereocenters. The van der Waals surface area contributed by atoms with Crippen molar-refractivity contribution in [1.82, 2.24) is 24.3 Å². The molecule has 3 rings (SSSR count). The van der Waals surface area contributed by atoms with Gasteiger partial charge in [0.15, 0.2) is 6.10 Å². The summed E-state index contributed by atoms with van der Waals surface area (Å²) in [6.07, 6.45) is -0.619. The molecule has 2 aliphatic rings. The molecule has 13 heteroatoms. The number of amides is 3. The van der Waals surface area contributed by atoms with Gasteiger partial charge in [0.2, 0.25) is 0 Å². The van der Waals surface area contributed by atoms with E-state index in [4.69, 9.17) is 14.6 Å². The highest BCUT2D eigenvalue weighted by Crippen LogP contribution is 2.40. The fourth-order valence-electron chi connectivity index (χ4n) is 3.95. The van der Waals surface area contributed by atoms with Gasteiger partial charge in [-0.25, -0.2) is 14.6 Å². The molecule has 0 bridgehead atoms. The molecule has 1 aromatic rings. The highest BCUT2D eigenvalue weighted by molar-refractivity contribution is 5.81. The predicted octanol–water partition coefficient (Wildman–Crippen LogP) is 1.76. The first-order valence-electron chi connectivity index (χ1n) is 10.6. The normalized spacial score (nSPS) is 19.2. The minimum Gasteiger partial charge on any atom is -0.475 e. The number of alkyl halides is 3. The lowest BCUT2D eigenvalue weighted by Crippen LogP contribution is -2.56. The molecule has 186 valence electrons. The molecule has 1 spiro atoms. The number of nitrogens with zero attached hydrogens (tertiary/aromatic N) is 5. The van der Waals surface area contributed by atoms with Crippen LogP contribution in [0.4, 0.5) is 18.0 Å². The van der Waals surface area contributed by atoms with Gasteiger partial charge < -0.3 is 29.1 Å². The highest BCUT2D eigenvalue weighted by Gasteiger charge is 2.48. The number of carboxylic acid groups (broad SMARTS) is 1. The topological polar surface area (TPSA) is 108 Å². The van der Waals surface area contributed by atoms with Crippen molar-refractivity contribution >= 4 is 17.9 Å². The van der Waals surface area contributed by atoms with Crippen molar-refractivity contribution in [2.24, 2.45) is 0 Å². The molecule has 1 atom stereocenters. The van der Waals surface area contributed by atoms with Crippen LogP contribution in [0, 0.1) is 0 Å². The quantitative estimate of drug-likeness (QED) is 0.711. The van der Waals surface area contributed by atoms with E-state index in [0.717, 1.165) is 5.82 Å². The average Bonchev–Trinajstić information content (AvgIpc) is 3.24. The summed E-state index contributed by atoms with van der Waals surface area (Å²) in [5.74, 6) is -1.86. The van der Waals surface area contributed by atoms with Gasteiger partial charge in [0.1, 0.15) is 11.4 Å². The van der Waals surface area contributed by atoms with Gasteiger partial charge in [-0.05, 0) is 13.8 Å². The Morgan fingerprint density at radius 2 is 1.76 bits per heavy atom. The van der Waals surface area contributed by atoms with Crippen molar-refractivity contribution in [3.63, 3.8) is 0 Å². The fraction of sp³-hybridized carbons (Fsp3) is 0.700. The maximum atomic E-state index is 12.9. The van der Waals surface area contributed by atoms with Crippen molar-refractivity contribution in [2.75, 3.05) is 40.3 Å². The second-order valence-corrected chi connectivity index (χ2v) is 7.98. The number of hydrogen-bond acceptors (Lipinski definition) is 5. The maximum Gasteiger partial charge on any atom is 0.490 e. The Kier molecular flexibility index (Phi) is 8.33. The number of piperidine rings is 1. The Bertz CT molecular complexity index is 845. The van der Waals surface area contributed by atoms with Gasteiger partial charge in [-0.15, -0.1) is 0 Å². The smallest absolute Gasteiger partial charge is 0.475 e. The van der Waals surface area contributed by atoms with Gasteiger partial charge in [-0.3, -0.25) is 4.79 Å². The third kappa shape index (κ3) is 5.95. The van der Waals surface area contributed by atoms with E-state index in [1.807, 2.05) is 34.4 Å². The van der Waals surface area contributed by atoms with E-state index in [1.54, 1.807) is 25.2 Å². The Hall–Kier alpha value is -2.83. The molecule has 0 aliphatic carbocycles. The molecule has 1 saturated heterocycles. The minimum atomic E-state index is -5.08.